The average Bonchev–Trinajstić information content (AvgIpc) is 2.41. The molecule has 0 saturated carbocycles. The highest BCUT2D eigenvalue weighted by molar-refractivity contribution is 6.30. The van der Waals surface area contributed by atoms with E-state index < -0.39 is 0 Å². The van der Waals surface area contributed by atoms with Crippen molar-refractivity contribution in [3.05, 3.63) is 23.4 Å². The van der Waals surface area contributed by atoms with Crippen LogP contribution < -0.4 is 5.32 Å². The van der Waals surface area contributed by atoms with Crippen molar-refractivity contribution in [1.82, 2.24) is 9.88 Å². The van der Waals surface area contributed by atoms with Gasteiger partial charge in [0.05, 0.1) is 5.02 Å². The van der Waals surface area contributed by atoms with Crippen LogP contribution >= 0.6 is 11.6 Å². The molecule has 0 spiro atoms. The highest BCUT2D eigenvalue weighted by Crippen LogP contribution is 2.16. The van der Waals surface area contributed by atoms with E-state index in [0.717, 1.165) is 19.4 Å². The summed E-state index contributed by atoms with van der Waals surface area (Å²) in [6, 6.07) is 3.23. The highest BCUT2D eigenvalue weighted by Gasteiger charge is 2.24. The van der Waals surface area contributed by atoms with Crippen molar-refractivity contribution in [3.63, 3.8) is 0 Å². The summed E-state index contributed by atoms with van der Waals surface area (Å²) in [5.74, 6) is 0.462. The summed E-state index contributed by atoms with van der Waals surface area (Å²) in [4.78, 5) is 29.5. The summed E-state index contributed by atoms with van der Waals surface area (Å²) in [6.07, 6.45) is 4.30. The third-order valence-electron chi connectivity index (χ3n) is 3.37. The van der Waals surface area contributed by atoms with Crippen LogP contribution in [0.1, 0.15) is 32.6 Å². The van der Waals surface area contributed by atoms with Crippen molar-refractivity contribution in [2.24, 2.45) is 0 Å². The van der Waals surface area contributed by atoms with Gasteiger partial charge in [-0.3, -0.25) is 9.59 Å². The molecule has 0 unspecified atom stereocenters. The Morgan fingerprint density at radius 2 is 2.30 bits per heavy atom. The summed E-state index contributed by atoms with van der Waals surface area (Å²) < 4.78 is 0. The van der Waals surface area contributed by atoms with Gasteiger partial charge in [-0.25, -0.2) is 4.98 Å². The third kappa shape index (κ3) is 3.93. The second-order valence-corrected chi connectivity index (χ2v) is 5.44. The van der Waals surface area contributed by atoms with Crippen molar-refractivity contribution in [2.45, 2.75) is 38.6 Å². The smallest absolute Gasteiger partial charge is 0.227 e. The molecule has 108 valence electrons. The fraction of sp³-hybridized carbons (Fsp3) is 0.500. The largest absolute Gasteiger partial charge is 0.339 e. The number of halogens is 1. The Kier molecular flexibility index (Phi) is 4.95. The van der Waals surface area contributed by atoms with Gasteiger partial charge in [-0.15, -0.1) is 0 Å². The number of nitrogens with one attached hydrogen (secondary N) is 1. The van der Waals surface area contributed by atoms with Crippen molar-refractivity contribution >= 4 is 29.2 Å². The van der Waals surface area contributed by atoms with Gasteiger partial charge in [-0.2, -0.15) is 0 Å². The lowest BCUT2D eigenvalue weighted by Gasteiger charge is -2.32. The Labute approximate surface area is 123 Å². The lowest BCUT2D eigenvalue weighted by Crippen LogP contribution is -2.43. The van der Waals surface area contributed by atoms with Gasteiger partial charge < -0.3 is 10.2 Å². The van der Waals surface area contributed by atoms with E-state index in [1.165, 1.54) is 6.20 Å². The molecule has 0 radical (unpaired) electrons. The first-order chi connectivity index (χ1) is 9.56. The second kappa shape index (κ2) is 6.70. The van der Waals surface area contributed by atoms with E-state index in [9.17, 15) is 9.59 Å². The van der Waals surface area contributed by atoms with Gasteiger partial charge in [0.25, 0.3) is 0 Å². The first-order valence-electron chi connectivity index (χ1n) is 6.77. The molecule has 1 aromatic heterocycles. The quantitative estimate of drug-likeness (QED) is 0.928. The van der Waals surface area contributed by atoms with Crippen molar-refractivity contribution < 1.29 is 9.59 Å². The zero-order valence-corrected chi connectivity index (χ0v) is 12.2. The normalized spacial score (nSPS) is 16.9. The second-order valence-electron chi connectivity index (χ2n) is 5.01. The molecular weight excluding hydrogens is 278 g/mol. The predicted molar refractivity (Wildman–Crippen MR) is 77.5 cm³/mol. The zero-order valence-electron chi connectivity index (χ0n) is 11.4. The molecule has 1 N–H and O–H groups in total. The number of anilines is 1. The topological polar surface area (TPSA) is 62.3 Å². The Hall–Kier alpha value is -1.62. The Bertz CT molecular complexity index is 490. The minimum atomic E-state index is -0.148. The van der Waals surface area contributed by atoms with E-state index in [-0.39, 0.29) is 24.3 Å². The van der Waals surface area contributed by atoms with Crippen LogP contribution in [0.5, 0.6) is 0 Å². The third-order valence-corrected chi connectivity index (χ3v) is 3.59. The van der Waals surface area contributed by atoms with Crippen LogP contribution in [0.2, 0.25) is 5.02 Å². The van der Waals surface area contributed by atoms with E-state index in [0.29, 0.717) is 17.3 Å². The molecule has 5 nitrogen and oxygen atoms in total. The molecule has 2 heterocycles. The lowest BCUT2D eigenvalue weighted by molar-refractivity contribution is -0.136. The number of rotatable bonds is 4. The molecule has 1 aliphatic heterocycles. The lowest BCUT2D eigenvalue weighted by atomic mass is 10.1. The van der Waals surface area contributed by atoms with Gasteiger partial charge in [-0.1, -0.05) is 11.6 Å². The molecule has 0 bridgehead atoms. The predicted octanol–water partition coefficient (Wildman–Crippen LogP) is 2.46. The van der Waals surface area contributed by atoms with Gasteiger partial charge in [0.2, 0.25) is 11.8 Å². The zero-order chi connectivity index (χ0) is 14.5. The number of amides is 2. The Morgan fingerprint density at radius 1 is 1.50 bits per heavy atom. The number of carbonyl (C=O) groups is 2. The van der Waals surface area contributed by atoms with Gasteiger partial charge in [0, 0.05) is 31.6 Å². The van der Waals surface area contributed by atoms with E-state index in [1.807, 2.05) is 6.92 Å². The number of nitrogens with zero attached hydrogens (tertiary/aromatic N) is 2. The number of hydrogen-bond acceptors (Lipinski definition) is 3. The molecule has 1 aromatic rings. The van der Waals surface area contributed by atoms with Crippen LogP contribution in [0, 0.1) is 0 Å². The molecule has 2 amide bonds. The maximum atomic E-state index is 11.9. The van der Waals surface area contributed by atoms with E-state index in [2.05, 4.69) is 10.3 Å². The Morgan fingerprint density at radius 3 is 2.95 bits per heavy atom. The standard InChI is InChI=1S/C14H18ClN3O2/c1-10(18-7-3-2-4-14(18)20)8-13(19)17-12-6-5-11(15)9-16-12/h5-6,9-10H,2-4,7-8H2,1H3,(H,16,17,19)/t10-/m0/s1. The van der Waals surface area contributed by atoms with Crippen molar-refractivity contribution in [2.75, 3.05) is 11.9 Å². The molecule has 2 rings (SSSR count). The summed E-state index contributed by atoms with van der Waals surface area (Å²) in [5, 5.41) is 3.23. The number of carbonyl (C=O) groups excluding carboxylic acids is 2. The minimum Gasteiger partial charge on any atom is -0.339 e. The van der Waals surface area contributed by atoms with Crippen LogP contribution in [0.4, 0.5) is 5.82 Å². The number of pyridine rings is 1. The maximum absolute atomic E-state index is 11.9. The molecular formula is C14H18ClN3O2. The molecule has 1 atom stereocenters. The average molecular weight is 296 g/mol. The summed E-state index contributed by atoms with van der Waals surface area (Å²) in [7, 11) is 0. The van der Waals surface area contributed by atoms with Crippen LogP contribution in [0.25, 0.3) is 0 Å². The number of likely N-dealkylation sites (tertiary alicyclic amines) is 1. The Balaban J connectivity index is 1.87. The molecule has 0 aliphatic carbocycles. The molecule has 1 saturated heterocycles. The van der Waals surface area contributed by atoms with E-state index in [1.54, 1.807) is 17.0 Å². The van der Waals surface area contributed by atoms with E-state index >= 15 is 0 Å². The van der Waals surface area contributed by atoms with Crippen LogP contribution in [0.3, 0.4) is 0 Å². The van der Waals surface area contributed by atoms with Crippen LogP contribution in [-0.2, 0) is 9.59 Å². The fourth-order valence-corrected chi connectivity index (χ4v) is 2.43. The first-order valence-corrected chi connectivity index (χ1v) is 7.15. The summed E-state index contributed by atoms with van der Waals surface area (Å²) in [5.41, 5.74) is 0. The number of aromatic nitrogens is 1. The monoisotopic (exact) mass is 295 g/mol. The molecule has 1 fully saturated rings. The number of piperidine rings is 1. The molecule has 6 heteroatoms. The van der Waals surface area contributed by atoms with Gasteiger partial charge in [-0.05, 0) is 31.9 Å². The van der Waals surface area contributed by atoms with Crippen LogP contribution in [-0.4, -0.2) is 34.3 Å². The molecule has 20 heavy (non-hydrogen) atoms. The van der Waals surface area contributed by atoms with E-state index in [4.69, 9.17) is 11.6 Å². The minimum absolute atomic E-state index is 0.0879. The SMILES string of the molecule is C[C@@H](CC(=O)Nc1ccc(Cl)cn1)N1CCCCC1=O. The molecule has 0 aromatic carbocycles. The number of hydrogen-bond donors (Lipinski definition) is 1. The fourth-order valence-electron chi connectivity index (χ4n) is 2.32. The van der Waals surface area contributed by atoms with Crippen molar-refractivity contribution in [3.8, 4) is 0 Å². The van der Waals surface area contributed by atoms with Gasteiger partial charge in [0.15, 0.2) is 0 Å². The first kappa shape index (κ1) is 14.8. The van der Waals surface area contributed by atoms with Crippen LogP contribution in [0.15, 0.2) is 18.3 Å². The van der Waals surface area contributed by atoms with Gasteiger partial charge in [0.1, 0.15) is 5.82 Å². The van der Waals surface area contributed by atoms with Gasteiger partial charge >= 0.3 is 0 Å². The summed E-state index contributed by atoms with van der Waals surface area (Å²) >= 11 is 5.73. The molecule has 1 aliphatic rings. The van der Waals surface area contributed by atoms with Crippen molar-refractivity contribution in [1.29, 1.82) is 0 Å². The highest BCUT2D eigenvalue weighted by atomic mass is 35.5. The maximum Gasteiger partial charge on any atom is 0.227 e. The summed E-state index contributed by atoms with van der Waals surface area (Å²) in [6.45, 7) is 2.64.